The van der Waals surface area contributed by atoms with Crippen molar-refractivity contribution in [1.82, 2.24) is 10.6 Å². The molecule has 2 N–H and O–H groups in total. The number of hydrogen-bond acceptors (Lipinski definition) is 3. The Bertz CT molecular complexity index is 710. The summed E-state index contributed by atoms with van der Waals surface area (Å²) in [6.07, 6.45) is 4.20. The minimum Gasteiger partial charge on any atom is -0.347 e. The molecule has 0 aliphatic rings. The molecule has 2 unspecified atom stereocenters. The second-order valence-electron chi connectivity index (χ2n) is 6.89. The van der Waals surface area contributed by atoms with Crippen molar-refractivity contribution >= 4 is 23.2 Å². The lowest BCUT2D eigenvalue weighted by molar-refractivity contribution is -0.128. The molecule has 0 spiro atoms. The van der Waals surface area contributed by atoms with Gasteiger partial charge in [0.25, 0.3) is 0 Å². The lowest BCUT2D eigenvalue weighted by atomic mass is 10.0. The molecular weight excluding hydrogens is 356 g/mol. The molecule has 0 saturated carbocycles. The molecule has 4 nitrogen and oxygen atoms in total. The van der Waals surface area contributed by atoms with E-state index in [2.05, 4.69) is 41.8 Å². The van der Waals surface area contributed by atoms with Crippen LogP contribution in [-0.2, 0) is 16.0 Å². The number of hydrogen-bond donors (Lipinski definition) is 2. The smallest absolute Gasteiger partial charge is 0.240 e. The van der Waals surface area contributed by atoms with Crippen molar-refractivity contribution in [2.24, 2.45) is 5.92 Å². The number of rotatable bonds is 10. The van der Waals surface area contributed by atoms with Gasteiger partial charge in [0.2, 0.25) is 11.8 Å². The van der Waals surface area contributed by atoms with Gasteiger partial charge in [-0.15, -0.1) is 11.3 Å². The largest absolute Gasteiger partial charge is 0.347 e. The van der Waals surface area contributed by atoms with Crippen LogP contribution in [0, 0.1) is 5.92 Å². The Kier molecular flexibility index (Phi) is 8.52. The van der Waals surface area contributed by atoms with E-state index in [1.54, 1.807) is 11.3 Å². The fourth-order valence-electron chi connectivity index (χ4n) is 2.77. The van der Waals surface area contributed by atoms with Crippen LogP contribution in [0.2, 0.25) is 0 Å². The summed E-state index contributed by atoms with van der Waals surface area (Å²) in [4.78, 5) is 25.4. The average Bonchev–Trinajstić information content (AvgIpc) is 3.23. The summed E-state index contributed by atoms with van der Waals surface area (Å²) in [5.74, 6) is -0.345. The van der Waals surface area contributed by atoms with Gasteiger partial charge in [-0.05, 0) is 41.8 Å². The van der Waals surface area contributed by atoms with E-state index < -0.39 is 0 Å². The van der Waals surface area contributed by atoms with Crippen molar-refractivity contribution in [3.05, 3.63) is 57.8 Å². The predicted octanol–water partition coefficient (Wildman–Crippen LogP) is 4.46. The summed E-state index contributed by atoms with van der Waals surface area (Å²) in [5, 5.41) is 7.80. The maximum atomic E-state index is 12.4. The zero-order chi connectivity index (χ0) is 19.6. The third-order valence-electron chi connectivity index (χ3n) is 4.75. The van der Waals surface area contributed by atoms with Gasteiger partial charge in [-0.2, -0.15) is 0 Å². The molecule has 0 radical (unpaired) electrons. The topological polar surface area (TPSA) is 58.2 Å². The highest BCUT2D eigenvalue weighted by atomic mass is 32.1. The van der Waals surface area contributed by atoms with Crippen molar-refractivity contribution in [2.75, 3.05) is 6.54 Å². The van der Waals surface area contributed by atoms with Gasteiger partial charge in [0, 0.05) is 10.8 Å². The quantitative estimate of drug-likeness (QED) is 0.633. The molecule has 0 fully saturated rings. The third kappa shape index (κ3) is 6.51. The van der Waals surface area contributed by atoms with Crippen LogP contribution < -0.4 is 10.6 Å². The Labute approximate surface area is 166 Å². The number of thiophene rings is 1. The van der Waals surface area contributed by atoms with E-state index in [4.69, 9.17) is 0 Å². The molecule has 0 aliphatic heterocycles. The van der Waals surface area contributed by atoms with Crippen LogP contribution in [0.3, 0.4) is 0 Å². The van der Waals surface area contributed by atoms with E-state index in [0.717, 1.165) is 23.3 Å². The summed E-state index contributed by atoms with van der Waals surface area (Å²) in [6.45, 7) is 6.01. The first-order valence-corrected chi connectivity index (χ1v) is 10.6. The molecule has 2 amide bonds. The minimum atomic E-state index is -0.196. The second kappa shape index (κ2) is 10.9. The first-order valence-electron chi connectivity index (χ1n) is 9.74. The van der Waals surface area contributed by atoms with E-state index in [-0.39, 0.29) is 30.3 Å². The Morgan fingerprint density at radius 1 is 1.11 bits per heavy atom. The van der Waals surface area contributed by atoms with Crippen molar-refractivity contribution in [2.45, 2.75) is 52.5 Å². The van der Waals surface area contributed by atoms with Crippen LogP contribution in [0.4, 0.5) is 0 Å². The van der Waals surface area contributed by atoms with Crippen LogP contribution in [-0.4, -0.2) is 18.4 Å². The molecule has 1 aromatic carbocycles. The van der Waals surface area contributed by atoms with Crippen molar-refractivity contribution in [1.29, 1.82) is 0 Å². The Morgan fingerprint density at radius 3 is 2.44 bits per heavy atom. The molecule has 0 saturated heterocycles. The molecular formula is C22H30N2O2S. The van der Waals surface area contributed by atoms with Crippen molar-refractivity contribution in [3.8, 4) is 0 Å². The fraction of sp³-hybridized carbons (Fsp3) is 0.455. The van der Waals surface area contributed by atoms with E-state index in [1.165, 1.54) is 18.4 Å². The predicted molar refractivity (Wildman–Crippen MR) is 112 cm³/mol. The lowest BCUT2D eigenvalue weighted by Gasteiger charge is -2.19. The fourth-order valence-corrected chi connectivity index (χ4v) is 3.57. The SMILES string of the molecule is CCCCc1ccc(C(NC(=O)CNC(=O)C(C)CC)c2cccs2)cc1. The Morgan fingerprint density at radius 2 is 1.85 bits per heavy atom. The zero-order valence-corrected chi connectivity index (χ0v) is 17.3. The van der Waals surface area contributed by atoms with Gasteiger partial charge in [0.1, 0.15) is 0 Å². The summed E-state index contributed by atoms with van der Waals surface area (Å²) in [6, 6.07) is 12.3. The number of amides is 2. The molecule has 1 aromatic heterocycles. The molecule has 2 atom stereocenters. The van der Waals surface area contributed by atoms with Crippen LogP contribution in [0.1, 0.15) is 62.1 Å². The van der Waals surface area contributed by atoms with Gasteiger partial charge in [-0.25, -0.2) is 0 Å². The molecule has 0 bridgehead atoms. The summed E-state index contributed by atoms with van der Waals surface area (Å²) >= 11 is 1.62. The number of benzene rings is 1. The molecule has 5 heteroatoms. The zero-order valence-electron chi connectivity index (χ0n) is 16.5. The van der Waals surface area contributed by atoms with E-state index >= 15 is 0 Å². The molecule has 1 heterocycles. The molecule has 0 aliphatic carbocycles. The molecule has 2 aromatic rings. The summed E-state index contributed by atoms with van der Waals surface area (Å²) in [5.41, 5.74) is 2.37. The van der Waals surface area contributed by atoms with Gasteiger partial charge in [0.05, 0.1) is 12.6 Å². The first-order chi connectivity index (χ1) is 13.0. The highest BCUT2D eigenvalue weighted by molar-refractivity contribution is 7.10. The molecule has 146 valence electrons. The van der Waals surface area contributed by atoms with E-state index in [9.17, 15) is 9.59 Å². The van der Waals surface area contributed by atoms with Crippen molar-refractivity contribution < 1.29 is 9.59 Å². The Balaban J connectivity index is 2.05. The maximum absolute atomic E-state index is 12.4. The molecule has 27 heavy (non-hydrogen) atoms. The number of unbranched alkanes of at least 4 members (excludes halogenated alkanes) is 1. The lowest BCUT2D eigenvalue weighted by Crippen LogP contribution is -2.40. The summed E-state index contributed by atoms with van der Waals surface area (Å²) in [7, 11) is 0. The summed E-state index contributed by atoms with van der Waals surface area (Å²) < 4.78 is 0. The van der Waals surface area contributed by atoms with Gasteiger partial charge >= 0.3 is 0 Å². The second-order valence-corrected chi connectivity index (χ2v) is 7.87. The standard InChI is InChI=1S/C22H30N2O2S/c1-4-6-8-17-10-12-18(13-11-17)21(19-9-7-14-27-19)24-20(25)15-23-22(26)16(3)5-2/h7,9-14,16,21H,4-6,8,15H2,1-3H3,(H,23,26)(H,24,25). The van der Waals surface area contributed by atoms with E-state index in [1.807, 2.05) is 31.4 Å². The normalized spacial score (nSPS) is 13.0. The van der Waals surface area contributed by atoms with Gasteiger partial charge in [-0.3, -0.25) is 9.59 Å². The number of aryl methyl sites for hydroxylation is 1. The highest BCUT2D eigenvalue weighted by Gasteiger charge is 2.19. The third-order valence-corrected chi connectivity index (χ3v) is 5.69. The minimum absolute atomic E-state index is 0.000365. The highest BCUT2D eigenvalue weighted by Crippen LogP contribution is 2.26. The number of carbonyl (C=O) groups excluding carboxylic acids is 2. The Hall–Kier alpha value is -2.14. The number of carbonyl (C=O) groups is 2. The van der Waals surface area contributed by atoms with Crippen LogP contribution >= 0.6 is 11.3 Å². The molecule has 2 rings (SSSR count). The van der Waals surface area contributed by atoms with Gasteiger partial charge < -0.3 is 10.6 Å². The van der Waals surface area contributed by atoms with Gasteiger partial charge in [0.15, 0.2) is 0 Å². The van der Waals surface area contributed by atoms with Crippen LogP contribution in [0.5, 0.6) is 0 Å². The van der Waals surface area contributed by atoms with Crippen molar-refractivity contribution in [3.63, 3.8) is 0 Å². The average molecular weight is 387 g/mol. The number of nitrogens with one attached hydrogen (secondary N) is 2. The van der Waals surface area contributed by atoms with Crippen LogP contribution in [0.15, 0.2) is 41.8 Å². The van der Waals surface area contributed by atoms with Gasteiger partial charge in [-0.1, -0.05) is 57.5 Å². The van der Waals surface area contributed by atoms with E-state index in [0.29, 0.717) is 0 Å². The maximum Gasteiger partial charge on any atom is 0.240 e. The first kappa shape index (κ1) is 21.2. The van der Waals surface area contributed by atoms with Crippen LogP contribution in [0.25, 0.3) is 0 Å². The monoisotopic (exact) mass is 386 g/mol.